The maximum atomic E-state index is 13.0. The third-order valence-electron chi connectivity index (χ3n) is 5.78. The van der Waals surface area contributed by atoms with Crippen LogP contribution in [0.25, 0.3) is 11.0 Å². The monoisotopic (exact) mass is 356 g/mol. The van der Waals surface area contributed by atoms with Gasteiger partial charge in [-0.1, -0.05) is 12.1 Å². The first-order valence-corrected chi connectivity index (χ1v) is 9.25. The van der Waals surface area contributed by atoms with Gasteiger partial charge in [0, 0.05) is 19.5 Å². The molecule has 2 saturated heterocycles. The summed E-state index contributed by atoms with van der Waals surface area (Å²) in [6.45, 7) is 2.29. The SMILES string of the molecule is Cn1c(=O)n(C2CC(C=O)CNC2=O)c2cccc(C3CCNCC3)c21. The molecule has 0 bridgehead atoms. The van der Waals surface area contributed by atoms with Gasteiger partial charge in [0.05, 0.1) is 11.0 Å². The molecule has 2 aliphatic heterocycles. The Morgan fingerprint density at radius 1 is 1.19 bits per heavy atom. The Bertz CT molecular complexity index is 907. The van der Waals surface area contributed by atoms with Gasteiger partial charge in [-0.3, -0.25) is 13.9 Å². The Labute approximate surface area is 151 Å². The van der Waals surface area contributed by atoms with E-state index in [4.69, 9.17) is 0 Å². The second kappa shape index (κ2) is 6.72. The zero-order valence-electron chi connectivity index (χ0n) is 14.9. The summed E-state index contributed by atoms with van der Waals surface area (Å²) in [5, 5.41) is 6.14. The number of aldehydes is 1. The van der Waals surface area contributed by atoms with Gasteiger partial charge in [-0.15, -0.1) is 0 Å². The lowest BCUT2D eigenvalue weighted by molar-refractivity contribution is -0.127. The Morgan fingerprint density at radius 2 is 1.96 bits per heavy atom. The van der Waals surface area contributed by atoms with Gasteiger partial charge in [0.15, 0.2) is 0 Å². The van der Waals surface area contributed by atoms with Crippen molar-refractivity contribution in [3.05, 3.63) is 34.2 Å². The van der Waals surface area contributed by atoms with Gasteiger partial charge in [0.25, 0.3) is 0 Å². The van der Waals surface area contributed by atoms with E-state index in [9.17, 15) is 14.4 Å². The summed E-state index contributed by atoms with van der Waals surface area (Å²) in [5.41, 5.74) is 2.66. The van der Waals surface area contributed by atoms with E-state index in [1.165, 1.54) is 5.56 Å². The summed E-state index contributed by atoms with van der Waals surface area (Å²) < 4.78 is 3.23. The number of benzene rings is 1. The summed E-state index contributed by atoms with van der Waals surface area (Å²) in [7, 11) is 1.77. The molecule has 138 valence electrons. The Hall–Kier alpha value is -2.41. The lowest BCUT2D eigenvalue weighted by Gasteiger charge is -2.27. The minimum absolute atomic E-state index is 0.190. The van der Waals surface area contributed by atoms with Gasteiger partial charge in [0.2, 0.25) is 5.91 Å². The quantitative estimate of drug-likeness (QED) is 0.792. The van der Waals surface area contributed by atoms with Crippen LogP contribution in [0.4, 0.5) is 0 Å². The van der Waals surface area contributed by atoms with Crippen LogP contribution in [0.2, 0.25) is 0 Å². The number of nitrogens with zero attached hydrogens (tertiary/aromatic N) is 2. The Balaban J connectivity index is 1.86. The van der Waals surface area contributed by atoms with Crippen molar-refractivity contribution in [2.45, 2.75) is 31.2 Å². The molecule has 7 heteroatoms. The summed E-state index contributed by atoms with van der Waals surface area (Å²) in [5.74, 6) is -0.0401. The van der Waals surface area contributed by atoms with Gasteiger partial charge < -0.3 is 15.4 Å². The summed E-state index contributed by atoms with van der Waals surface area (Å²) in [6.07, 6.45) is 3.31. The third kappa shape index (κ3) is 2.67. The highest BCUT2D eigenvalue weighted by Gasteiger charge is 2.33. The summed E-state index contributed by atoms with van der Waals surface area (Å²) in [4.78, 5) is 36.7. The maximum Gasteiger partial charge on any atom is 0.329 e. The van der Waals surface area contributed by atoms with Crippen LogP contribution in [0.5, 0.6) is 0 Å². The third-order valence-corrected chi connectivity index (χ3v) is 5.78. The number of piperidine rings is 2. The molecule has 1 amide bonds. The van der Waals surface area contributed by atoms with Crippen molar-refractivity contribution in [2.75, 3.05) is 19.6 Å². The van der Waals surface area contributed by atoms with Crippen molar-refractivity contribution in [2.24, 2.45) is 13.0 Å². The number of aromatic nitrogens is 2. The first-order chi connectivity index (χ1) is 12.6. The van der Waals surface area contributed by atoms with E-state index in [2.05, 4.69) is 16.7 Å². The maximum absolute atomic E-state index is 13.0. The van der Waals surface area contributed by atoms with Gasteiger partial charge in [-0.2, -0.15) is 0 Å². The molecule has 4 rings (SSSR count). The minimum atomic E-state index is -0.640. The molecule has 3 heterocycles. The Kier molecular flexibility index (Phi) is 4.40. The van der Waals surface area contributed by atoms with Crippen molar-refractivity contribution >= 4 is 23.2 Å². The molecular weight excluding hydrogens is 332 g/mol. The first-order valence-electron chi connectivity index (χ1n) is 9.25. The highest BCUT2D eigenvalue weighted by molar-refractivity contribution is 5.86. The van der Waals surface area contributed by atoms with Crippen LogP contribution in [0.15, 0.2) is 23.0 Å². The second-order valence-corrected chi connectivity index (χ2v) is 7.34. The number of aryl methyl sites for hydroxylation is 1. The minimum Gasteiger partial charge on any atom is -0.354 e. The molecule has 1 aromatic carbocycles. The Morgan fingerprint density at radius 3 is 2.69 bits per heavy atom. The number of carbonyl (C=O) groups is 2. The van der Waals surface area contributed by atoms with Crippen LogP contribution >= 0.6 is 0 Å². The van der Waals surface area contributed by atoms with Gasteiger partial charge in [-0.25, -0.2) is 4.79 Å². The average molecular weight is 356 g/mol. The van der Waals surface area contributed by atoms with Crippen molar-refractivity contribution < 1.29 is 9.59 Å². The highest BCUT2D eigenvalue weighted by atomic mass is 16.2. The molecule has 26 heavy (non-hydrogen) atoms. The van der Waals surface area contributed by atoms with Crippen LogP contribution in [-0.4, -0.2) is 41.0 Å². The van der Waals surface area contributed by atoms with Crippen molar-refractivity contribution in [1.82, 2.24) is 19.8 Å². The van der Waals surface area contributed by atoms with Gasteiger partial charge in [0.1, 0.15) is 12.3 Å². The first kappa shape index (κ1) is 17.0. The largest absolute Gasteiger partial charge is 0.354 e. The number of amides is 1. The van der Waals surface area contributed by atoms with E-state index >= 15 is 0 Å². The molecule has 2 N–H and O–H groups in total. The van der Waals surface area contributed by atoms with E-state index in [-0.39, 0.29) is 17.5 Å². The number of para-hydroxylation sites is 1. The van der Waals surface area contributed by atoms with Crippen LogP contribution in [0.1, 0.15) is 36.8 Å². The number of hydrogen-bond donors (Lipinski definition) is 2. The van der Waals surface area contributed by atoms with Gasteiger partial charge >= 0.3 is 5.69 Å². The fourth-order valence-electron chi connectivity index (χ4n) is 4.39. The van der Waals surface area contributed by atoms with Crippen molar-refractivity contribution in [1.29, 1.82) is 0 Å². The van der Waals surface area contributed by atoms with E-state index in [1.54, 1.807) is 16.2 Å². The molecule has 2 aliphatic rings. The van der Waals surface area contributed by atoms with Crippen LogP contribution < -0.4 is 16.3 Å². The van der Waals surface area contributed by atoms with Crippen LogP contribution in [-0.2, 0) is 16.6 Å². The zero-order chi connectivity index (χ0) is 18.3. The normalized spacial score (nSPS) is 24.6. The summed E-state index contributed by atoms with van der Waals surface area (Å²) in [6, 6.07) is 5.32. The number of hydrogen-bond acceptors (Lipinski definition) is 4. The predicted octanol–water partition coefficient (Wildman–Crippen LogP) is 0.683. The molecule has 7 nitrogen and oxygen atoms in total. The number of rotatable bonds is 3. The molecular formula is C19H24N4O3. The molecule has 2 fully saturated rings. The van der Waals surface area contributed by atoms with Crippen molar-refractivity contribution in [3.63, 3.8) is 0 Å². The average Bonchev–Trinajstić information content (AvgIpc) is 2.94. The molecule has 2 unspecified atom stereocenters. The predicted molar refractivity (Wildman–Crippen MR) is 98.2 cm³/mol. The van der Waals surface area contributed by atoms with E-state index in [0.717, 1.165) is 43.3 Å². The molecule has 0 aliphatic carbocycles. The van der Waals surface area contributed by atoms with Crippen LogP contribution in [0, 0.1) is 5.92 Å². The van der Waals surface area contributed by atoms with Crippen LogP contribution in [0.3, 0.4) is 0 Å². The molecule has 2 aromatic rings. The van der Waals surface area contributed by atoms with E-state index < -0.39 is 6.04 Å². The highest BCUT2D eigenvalue weighted by Crippen LogP contribution is 2.32. The number of fused-ring (bicyclic) bond motifs is 1. The fourth-order valence-corrected chi connectivity index (χ4v) is 4.39. The molecule has 1 aromatic heterocycles. The smallest absolute Gasteiger partial charge is 0.329 e. The number of nitrogens with one attached hydrogen (secondary N) is 2. The molecule has 0 spiro atoms. The van der Waals surface area contributed by atoms with Gasteiger partial charge in [-0.05, 0) is 49.9 Å². The lowest BCUT2D eigenvalue weighted by atomic mass is 9.89. The number of imidazole rings is 1. The topological polar surface area (TPSA) is 85.1 Å². The van der Waals surface area contributed by atoms with E-state index in [1.807, 2.05) is 12.1 Å². The lowest BCUT2D eigenvalue weighted by Crippen LogP contribution is -2.45. The number of carbonyl (C=O) groups excluding carboxylic acids is 2. The van der Waals surface area contributed by atoms with Crippen molar-refractivity contribution in [3.8, 4) is 0 Å². The molecule has 2 atom stereocenters. The molecule has 0 saturated carbocycles. The summed E-state index contributed by atoms with van der Waals surface area (Å²) >= 11 is 0. The fraction of sp³-hybridized carbons (Fsp3) is 0.526. The second-order valence-electron chi connectivity index (χ2n) is 7.34. The molecule has 0 radical (unpaired) electrons. The zero-order valence-corrected chi connectivity index (χ0v) is 14.9. The standard InChI is InChI=1S/C19H24N4O3/c1-22-17-14(13-5-7-20-8-6-13)3-2-4-15(17)23(19(22)26)16-9-12(11-24)10-21-18(16)25/h2-4,11-13,16,20H,5-10H2,1H3,(H,21,25). The van der Waals surface area contributed by atoms with E-state index in [0.29, 0.717) is 18.9 Å².